The first kappa shape index (κ1) is 17.9. The molecule has 3 nitrogen and oxygen atoms in total. The van der Waals surface area contributed by atoms with Crippen LogP contribution >= 0.6 is 0 Å². The Kier molecular flexibility index (Phi) is 4.91. The summed E-state index contributed by atoms with van der Waals surface area (Å²) >= 11 is 0. The predicted octanol–water partition coefficient (Wildman–Crippen LogP) is 4.29. The van der Waals surface area contributed by atoms with Crippen molar-refractivity contribution in [2.24, 2.45) is 0 Å². The van der Waals surface area contributed by atoms with Gasteiger partial charge in [0.05, 0.1) is 23.7 Å². The topological polar surface area (TPSA) is 42.2 Å². The van der Waals surface area contributed by atoms with Gasteiger partial charge in [0.25, 0.3) is 5.91 Å². The smallest absolute Gasteiger partial charge is 0.416 e. The molecule has 2 aromatic rings. The van der Waals surface area contributed by atoms with Gasteiger partial charge in [0.15, 0.2) is 0 Å². The van der Waals surface area contributed by atoms with E-state index in [4.69, 9.17) is 4.42 Å². The van der Waals surface area contributed by atoms with Crippen LogP contribution in [0.25, 0.3) is 0 Å². The van der Waals surface area contributed by atoms with E-state index in [1.165, 1.54) is 12.5 Å². The monoisotopic (exact) mass is 351 g/mol. The number of halogens is 6. The quantitative estimate of drug-likeness (QED) is 0.835. The number of carbonyl (C=O) groups excluding carboxylic acids is 1. The van der Waals surface area contributed by atoms with Gasteiger partial charge in [0, 0.05) is 12.1 Å². The lowest BCUT2D eigenvalue weighted by Crippen LogP contribution is -2.26. The standard InChI is InChI=1S/C15H11F6NO2/c16-14(17,18)11-5-10(6-12(7-11)15(19,20)21)13(23)22-3-1-9-2-4-24-8-9/h2,4-8H,1,3H2,(H,22,23). The van der Waals surface area contributed by atoms with Gasteiger partial charge in [0.2, 0.25) is 0 Å². The number of benzene rings is 1. The van der Waals surface area contributed by atoms with E-state index in [1.807, 2.05) is 0 Å². The van der Waals surface area contributed by atoms with E-state index >= 15 is 0 Å². The van der Waals surface area contributed by atoms with Crippen LogP contribution in [-0.4, -0.2) is 12.5 Å². The third-order valence-corrected chi connectivity index (χ3v) is 3.13. The molecule has 0 fully saturated rings. The molecule has 130 valence electrons. The Balaban J connectivity index is 2.19. The van der Waals surface area contributed by atoms with E-state index in [-0.39, 0.29) is 12.6 Å². The van der Waals surface area contributed by atoms with E-state index < -0.39 is 35.0 Å². The van der Waals surface area contributed by atoms with Gasteiger partial charge in [-0.1, -0.05) is 0 Å². The van der Waals surface area contributed by atoms with Crippen molar-refractivity contribution in [3.05, 3.63) is 59.0 Å². The molecule has 0 aliphatic heterocycles. The zero-order chi connectivity index (χ0) is 18.0. The van der Waals surface area contributed by atoms with Crippen LogP contribution in [0.2, 0.25) is 0 Å². The van der Waals surface area contributed by atoms with Crippen LogP contribution in [0.3, 0.4) is 0 Å². The number of hydrogen-bond donors (Lipinski definition) is 1. The maximum Gasteiger partial charge on any atom is 0.416 e. The van der Waals surface area contributed by atoms with E-state index in [2.05, 4.69) is 5.32 Å². The van der Waals surface area contributed by atoms with Gasteiger partial charge in [0.1, 0.15) is 0 Å². The van der Waals surface area contributed by atoms with Gasteiger partial charge < -0.3 is 9.73 Å². The number of rotatable bonds is 4. The lowest BCUT2D eigenvalue weighted by Gasteiger charge is -2.14. The molecule has 1 N–H and O–H groups in total. The largest absolute Gasteiger partial charge is 0.472 e. The second-order valence-corrected chi connectivity index (χ2v) is 4.93. The lowest BCUT2D eigenvalue weighted by molar-refractivity contribution is -0.143. The first-order chi connectivity index (χ1) is 11.1. The summed E-state index contributed by atoms with van der Waals surface area (Å²) in [6, 6.07) is 2.38. The summed E-state index contributed by atoms with van der Waals surface area (Å²) < 4.78 is 81.2. The molecule has 1 aromatic heterocycles. The van der Waals surface area contributed by atoms with Crippen molar-refractivity contribution in [1.82, 2.24) is 5.32 Å². The Morgan fingerprint density at radius 2 is 1.58 bits per heavy atom. The molecule has 2 rings (SSSR count). The Labute approximate surface area is 132 Å². The third-order valence-electron chi connectivity index (χ3n) is 3.13. The zero-order valence-corrected chi connectivity index (χ0v) is 12.0. The number of amides is 1. The Morgan fingerprint density at radius 1 is 1.00 bits per heavy atom. The number of furan rings is 1. The zero-order valence-electron chi connectivity index (χ0n) is 12.0. The van der Waals surface area contributed by atoms with Crippen molar-refractivity contribution in [3.63, 3.8) is 0 Å². The molecule has 0 bridgehead atoms. The molecule has 0 unspecified atom stereocenters. The average Bonchev–Trinajstić information content (AvgIpc) is 2.98. The third kappa shape index (κ3) is 4.53. The fourth-order valence-corrected chi connectivity index (χ4v) is 1.94. The summed E-state index contributed by atoms with van der Waals surface area (Å²) in [5.74, 6) is -1.02. The predicted molar refractivity (Wildman–Crippen MR) is 71.2 cm³/mol. The molecule has 9 heteroatoms. The summed E-state index contributed by atoms with van der Waals surface area (Å²) in [5, 5.41) is 2.28. The molecule has 0 saturated carbocycles. The highest BCUT2D eigenvalue weighted by atomic mass is 19.4. The molecule has 0 aliphatic carbocycles. The van der Waals surface area contributed by atoms with Crippen LogP contribution in [0.5, 0.6) is 0 Å². The van der Waals surface area contributed by atoms with Gasteiger partial charge in [-0.05, 0) is 36.2 Å². The molecular formula is C15H11F6NO2. The summed E-state index contributed by atoms with van der Waals surface area (Å²) in [4.78, 5) is 11.9. The number of nitrogens with one attached hydrogen (secondary N) is 1. The molecule has 0 atom stereocenters. The van der Waals surface area contributed by atoms with E-state index in [0.717, 1.165) is 5.56 Å². The second-order valence-electron chi connectivity index (χ2n) is 4.93. The summed E-state index contributed by atoms with van der Waals surface area (Å²) in [6.45, 7) is 0.0377. The first-order valence-electron chi connectivity index (χ1n) is 6.66. The molecular weight excluding hydrogens is 340 g/mol. The summed E-state index contributed by atoms with van der Waals surface area (Å²) in [7, 11) is 0. The number of hydrogen-bond acceptors (Lipinski definition) is 2. The van der Waals surface area contributed by atoms with Crippen LogP contribution in [0, 0.1) is 0 Å². The normalized spacial score (nSPS) is 12.2. The fourth-order valence-electron chi connectivity index (χ4n) is 1.94. The maximum absolute atomic E-state index is 12.7. The van der Waals surface area contributed by atoms with E-state index in [0.29, 0.717) is 18.6 Å². The minimum atomic E-state index is -4.99. The van der Waals surface area contributed by atoms with Crippen LogP contribution < -0.4 is 5.32 Å². The summed E-state index contributed by atoms with van der Waals surface area (Å²) in [5.41, 5.74) is -3.03. The van der Waals surface area contributed by atoms with Gasteiger partial charge >= 0.3 is 12.4 Å². The van der Waals surface area contributed by atoms with Crippen molar-refractivity contribution in [2.75, 3.05) is 6.54 Å². The molecule has 0 aliphatic rings. The maximum atomic E-state index is 12.7. The Bertz CT molecular complexity index is 671. The van der Waals surface area contributed by atoms with Crippen LogP contribution in [0.4, 0.5) is 26.3 Å². The van der Waals surface area contributed by atoms with Crippen molar-refractivity contribution >= 4 is 5.91 Å². The van der Waals surface area contributed by atoms with Crippen LogP contribution in [-0.2, 0) is 18.8 Å². The van der Waals surface area contributed by atoms with Crippen molar-refractivity contribution < 1.29 is 35.6 Å². The molecule has 24 heavy (non-hydrogen) atoms. The van der Waals surface area contributed by atoms with E-state index in [1.54, 1.807) is 6.07 Å². The van der Waals surface area contributed by atoms with Crippen LogP contribution in [0.15, 0.2) is 41.2 Å². The molecule has 0 spiro atoms. The molecule has 1 aromatic carbocycles. The first-order valence-corrected chi connectivity index (χ1v) is 6.66. The minimum Gasteiger partial charge on any atom is -0.472 e. The Hall–Kier alpha value is -2.45. The summed E-state index contributed by atoms with van der Waals surface area (Å²) in [6.07, 6.45) is -6.84. The van der Waals surface area contributed by atoms with Crippen molar-refractivity contribution in [3.8, 4) is 0 Å². The van der Waals surface area contributed by atoms with E-state index in [9.17, 15) is 31.1 Å². The van der Waals surface area contributed by atoms with Crippen molar-refractivity contribution in [1.29, 1.82) is 0 Å². The second kappa shape index (κ2) is 6.58. The molecule has 0 saturated heterocycles. The molecule has 1 heterocycles. The molecule has 1 amide bonds. The fraction of sp³-hybridized carbons (Fsp3) is 0.267. The van der Waals surface area contributed by atoms with Crippen LogP contribution in [0.1, 0.15) is 27.0 Å². The molecule has 0 radical (unpaired) electrons. The number of carbonyl (C=O) groups is 1. The highest BCUT2D eigenvalue weighted by molar-refractivity contribution is 5.94. The van der Waals surface area contributed by atoms with Gasteiger partial charge in [-0.15, -0.1) is 0 Å². The highest BCUT2D eigenvalue weighted by Gasteiger charge is 2.37. The van der Waals surface area contributed by atoms with Gasteiger partial charge in [-0.2, -0.15) is 26.3 Å². The lowest BCUT2D eigenvalue weighted by atomic mass is 10.0. The Morgan fingerprint density at radius 3 is 2.04 bits per heavy atom. The minimum absolute atomic E-state index is 0.0255. The average molecular weight is 351 g/mol. The highest BCUT2D eigenvalue weighted by Crippen LogP contribution is 2.36. The SMILES string of the molecule is O=C(NCCc1ccoc1)c1cc(C(F)(F)F)cc(C(F)(F)F)c1. The van der Waals surface area contributed by atoms with Gasteiger partial charge in [-0.3, -0.25) is 4.79 Å². The van der Waals surface area contributed by atoms with Gasteiger partial charge in [-0.25, -0.2) is 0 Å². The van der Waals surface area contributed by atoms with Crippen molar-refractivity contribution in [2.45, 2.75) is 18.8 Å². The number of alkyl halides is 6.